The molecule has 2 aromatic heterocycles. The molecule has 1 fully saturated rings. The predicted molar refractivity (Wildman–Crippen MR) is 150 cm³/mol. The lowest BCUT2D eigenvalue weighted by atomic mass is 9.86. The van der Waals surface area contributed by atoms with Gasteiger partial charge in [-0.15, -0.1) is 0 Å². The van der Waals surface area contributed by atoms with Gasteiger partial charge in [0.1, 0.15) is 17.3 Å². The second kappa shape index (κ2) is 11.2. The van der Waals surface area contributed by atoms with Crippen molar-refractivity contribution in [2.24, 2.45) is 5.92 Å². The van der Waals surface area contributed by atoms with Crippen LogP contribution >= 0.6 is 0 Å². The van der Waals surface area contributed by atoms with Crippen LogP contribution in [0.3, 0.4) is 0 Å². The number of nitro groups is 1. The number of rotatable bonds is 9. The van der Waals surface area contributed by atoms with Gasteiger partial charge in [0.05, 0.1) is 22.5 Å². The fraction of sp³-hybridized carbons (Fsp3) is 0.379. The molecule has 5 rings (SSSR count). The van der Waals surface area contributed by atoms with E-state index in [2.05, 4.69) is 16.7 Å². The summed E-state index contributed by atoms with van der Waals surface area (Å²) >= 11 is 0. The molecule has 0 aliphatic heterocycles. The maximum Gasteiger partial charge on any atom is 0.280 e. The highest BCUT2D eigenvalue weighted by Gasteiger charge is 2.23. The molecule has 0 radical (unpaired) electrons. The van der Waals surface area contributed by atoms with Crippen molar-refractivity contribution < 1.29 is 9.34 Å². The van der Waals surface area contributed by atoms with Gasteiger partial charge in [0.25, 0.3) is 5.69 Å². The van der Waals surface area contributed by atoms with Crippen LogP contribution < -0.4 is 15.5 Å². The molecule has 0 spiro atoms. The molecule has 2 heterocycles. The van der Waals surface area contributed by atoms with Crippen LogP contribution in [0, 0.1) is 23.0 Å². The van der Waals surface area contributed by atoms with Crippen molar-refractivity contribution in [3.63, 3.8) is 0 Å². The summed E-state index contributed by atoms with van der Waals surface area (Å²) in [5.41, 5.74) is 2.37. The lowest BCUT2D eigenvalue weighted by Gasteiger charge is -2.29. The molecule has 1 aliphatic carbocycles. The summed E-state index contributed by atoms with van der Waals surface area (Å²) in [7, 11) is 4.01. The van der Waals surface area contributed by atoms with Gasteiger partial charge in [-0.2, -0.15) is 4.98 Å². The first-order chi connectivity index (χ1) is 18.4. The molecular formula is C29H34N6O3. The lowest BCUT2D eigenvalue weighted by molar-refractivity contribution is -0.384. The van der Waals surface area contributed by atoms with Gasteiger partial charge in [-0.05, 0) is 81.0 Å². The van der Waals surface area contributed by atoms with Crippen LogP contribution in [-0.4, -0.2) is 41.6 Å². The van der Waals surface area contributed by atoms with Crippen molar-refractivity contribution in [2.75, 3.05) is 30.9 Å². The molecule has 198 valence electrons. The number of hydrogen-bond donors (Lipinski definition) is 2. The maximum atomic E-state index is 11.5. The Labute approximate surface area is 222 Å². The molecule has 0 unspecified atom stereocenters. The lowest BCUT2D eigenvalue weighted by Crippen LogP contribution is -2.31. The minimum Gasteiger partial charge on any atom is -0.459 e. The van der Waals surface area contributed by atoms with E-state index in [0.717, 1.165) is 60.3 Å². The molecule has 4 aromatic rings. The Bertz CT molecular complexity index is 1430. The first-order valence-electron chi connectivity index (χ1n) is 13.1. The second-order valence-electron chi connectivity index (χ2n) is 10.3. The van der Waals surface area contributed by atoms with Crippen molar-refractivity contribution in [1.29, 1.82) is 0 Å². The quantitative estimate of drug-likeness (QED) is 0.209. The zero-order valence-corrected chi connectivity index (χ0v) is 22.1. The standard InChI is InChI=1S/C29H34N6O3/c1-19-8-14-24(26(16-19)35(36)37)27-15-13-22(38-27)18-30-17-20-9-11-21(12-10-20)31-29-32-25-7-5-4-6-23(25)28(33-29)34(2)3/h4-8,13-16,20-21,30H,9-12,17-18H2,1-3H3,(H,31,32,33)/t20-,21+. The van der Waals surface area contributed by atoms with E-state index in [9.17, 15) is 10.1 Å². The van der Waals surface area contributed by atoms with E-state index >= 15 is 0 Å². The molecule has 2 N–H and O–H groups in total. The van der Waals surface area contributed by atoms with Gasteiger partial charge in [0.2, 0.25) is 5.95 Å². The summed E-state index contributed by atoms with van der Waals surface area (Å²) in [5, 5.41) is 19.6. The molecule has 2 aromatic carbocycles. The summed E-state index contributed by atoms with van der Waals surface area (Å²) < 4.78 is 5.94. The molecule has 1 aliphatic rings. The highest BCUT2D eigenvalue weighted by Crippen LogP contribution is 2.32. The Hall–Kier alpha value is -3.98. The minimum atomic E-state index is -0.360. The Morgan fingerprint density at radius 3 is 2.61 bits per heavy atom. The number of para-hydroxylation sites is 1. The number of nitro benzene ring substituents is 1. The third kappa shape index (κ3) is 5.78. The average molecular weight is 515 g/mol. The largest absolute Gasteiger partial charge is 0.459 e. The van der Waals surface area contributed by atoms with Crippen molar-refractivity contribution >= 4 is 28.4 Å². The number of nitrogens with zero attached hydrogens (tertiary/aromatic N) is 4. The average Bonchev–Trinajstić information content (AvgIpc) is 3.37. The van der Waals surface area contributed by atoms with Crippen molar-refractivity contribution in [3.05, 3.63) is 76.0 Å². The SMILES string of the molecule is Cc1ccc(-c2ccc(CNC[C@H]3CC[C@@H](Nc4nc(N(C)C)c5ccccc5n4)CC3)o2)c([N+](=O)[O-])c1. The van der Waals surface area contributed by atoms with E-state index in [1.165, 1.54) is 0 Å². The molecule has 0 saturated heterocycles. The zero-order chi connectivity index (χ0) is 26.6. The van der Waals surface area contributed by atoms with Gasteiger partial charge in [-0.25, -0.2) is 4.98 Å². The van der Waals surface area contributed by atoms with E-state index < -0.39 is 0 Å². The van der Waals surface area contributed by atoms with Gasteiger partial charge in [-0.3, -0.25) is 10.1 Å². The van der Waals surface area contributed by atoms with Crippen molar-refractivity contribution in [1.82, 2.24) is 15.3 Å². The van der Waals surface area contributed by atoms with E-state index in [1.54, 1.807) is 12.1 Å². The Balaban J connectivity index is 1.12. The number of benzene rings is 2. The molecule has 9 nitrogen and oxygen atoms in total. The fourth-order valence-corrected chi connectivity index (χ4v) is 5.18. The molecule has 0 bridgehead atoms. The smallest absolute Gasteiger partial charge is 0.280 e. The van der Waals surface area contributed by atoms with Crippen LogP contribution in [0.5, 0.6) is 0 Å². The van der Waals surface area contributed by atoms with Crippen LogP contribution in [0.4, 0.5) is 17.5 Å². The van der Waals surface area contributed by atoms with Gasteiger partial charge >= 0.3 is 0 Å². The molecule has 0 amide bonds. The summed E-state index contributed by atoms with van der Waals surface area (Å²) in [5.74, 6) is 3.50. The summed E-state index contributed by atoms with van der Waals surface area (Å²) in [6, 6.07) is 17.4. The van der Waals surface area contributed by atoms with E-state index in [4.69, 9.17) is 14.4 Å². The number of nitrogens with one attached hydrogen (secondary N) is 2. The minimum absolute atomic E-state index is 0.0660. The highest BCUT2D eigenvalue weighted by molar-refractivity contribution is 5.90. The number of hydrogen-bond acceptors (Lipinski definition) is 8. The topological polar surface area (TPSA) is 109 Å². The van der Waals surface area contributed by atoms with Crippen LogP contribution in [0.1, 0.15) is 37.0 Å². The number of aromatic nitrogens is 2. The Morgan fingerprint density at radius 1 is 1.05 bits per heavy atom. The number of furan rings is 1. The van der Waals surface area contributed by atoms with Crippen molar-refractivity contribution in [3.8, 4) is 11.3 Å². The monoisotopic (exact) mass is 514 g/mol. The zero-order valence-electron chi connectivity index (χ0n) is 22.1. The van der Waals surface area contributed by atoms with Crippen LogP contribution in [0.15, 0.2) is 59.0 Å². The van der Waals surface area contributed by atoms with Gasteiger partial charge in [0.15, 0.2) is 0 Å². The maximum absolute atomic E-state index is 11.5. The van der Waals surface area contributed by atoms with Crippen molar-refractivity contribution in [2.45, 2.75) is 45.2 Å². The first kappa shape index (κ1) is 25.7. The number of anilines is 2. The summed E-state index contributed by atoms with van der Waals surface area (Å²) in [6.45, 7) is 3.34. The first-order valence-corrected chi connectivity index (χ1v) is 13.1. The van der Waals surface area contributed by atoms with Crippen LogP contribution in [0.25, 0.3) is 22.2 Å². The van der Waals surface area contributed by atoms with E-state index in [1.807, 2.05) is 62.3 Å². The molecule has 9 heteroatoms. The van der Waals surface area contributed by atoms with E-state index in [-0.39, 0.29) is 10.6 Å². The summed E-state index contributed by atoms with van der Waals surface area (Å²) in [6.07, 6.45) is 4.39. The van der Waals surface area contributed by atoms with Crippen LogP contribution in [0.2, 0.25) is 0 Å². The highest BCUT2D eigenvalue weighted by atomic mass is 16.6. The molecular weight excluding hydrogens is 480 g/mol. The Morgan fingerprint density at radius 2 is 1.84 bits per heavy atom. The van der Waals surface area contributed by atoms with Crippen LogP contribution in [-0.2, 0) is 6.54 Å². The third-order valence-electron chi connectivity index (χ3n) is 7.20. The Kier molecular flexibility index (Phi) is 7.55. The summed E-state index contributed by atoms with van der Waals surface area (Å²) in [4.78, 5) is 22.7. The molecule has 0 atom stereocenters. The predicted octanol–water partition coefficient (Wildman–Crippen LogP) is 5.93. The molecule has 1 saturated carbocycles. The normalized spacial score (nSPS) is 17.4. The number of fused-ring (bicyclic) bond motifs is 1. The number of aryl methyl sites for hydroxylation is 1. The fourth-order valence-electron chi connectivity index (χ4n) is 5.18. The van der Waals surface area contributed by atoms with E-state index in [0.29, 0.717) is 35.8 Å². The second-order valence-corrected chi connectivity index (χ2v) is 10.3. The molecule has 38 heavy (non-hydrogen) atoms. The van der Waals surface area contributed by atoms with Gasteiger partial charge in [-0.1, -0.05) is 18.2 Å². The van der Waals surface area contributed by atoms with Gasteiger partial charge in [0, 0.05) is 31.6 Å². The van der Waals surface area contributed by atoms with Gasteiger partial charge < -0.3 is 20.0 Å². The third-order valence-corrected chi connectivity index (χ3v) is 7.20.